The van der Waals surface area contributed by atoms with Crippen molar-refractivity contribution in [1.29, 1.82) is 0 Å². The number of carbonyl (C=O) groups is 2. The zero-order valence-electron chi connectivity index (χ0n) is 20.5. The predicted octanol–water partition coefficient (Wildman–Crippen LogP) is 5.75. The second-order valence-electron chi connectivity index (χ2n) is 9.93. The number of anilines is 1. The lowest BCUT2D eigenvalue weighted by Gasteiger charge is -2.41. The molecule has 0 saturated carbocycles. The van der Waals surface area contributed by atoms with Gasteiger partial charge in [-0.15, -0.1) is 0 Å². The molecule has 2 unspecified atom stereocenters. The Morgan fingerprint density at radius 1 is 1.03 bits per heavy atom. The topological polar surface area (TPSA) is 58.6 Å². The Bertz CT molecular complexity index is 1220. The Morgan fingerprint density at radius 3 is 2.46 bits per heavy atom. The van der Waals surface area contributed by atoms with Crippen LogP contribution in [0.25, 0.3) is 0 Å². The van der Waals surface area contributed by atoms with Crippen LogP contribution in [-0.4, -0.2) is 29.4 Å². The number of hydrogen-bond donors (Lipinski definition) is 1. The molecule has 2 amide bonds. The summed E-state index contributed by atoms with van der Waals surface area (Å²) in [7, 11) is 0. The SMILES string of the molecule is CC(Oc1ccc2c(c1)C(c1cccc(F)c1)N(C(=O)C(C)(C)C)CC2)C(=O)Nc1ccccc1. The van der Waals surface area contributed by atoms with Crippen LogP contribution in [0.1, 0.15) is 50.4 Å². The molecule has 0 aromatic heterocycles. The lowest BCUT2D eigenvalue weighted by Crippen LogP contribution is -2.45. The quantitative estimate of drug-likeness (QED) is 0.512. The molecular weight excluding hydrogens is 443 g/mol. The van der Waals surface area contributed by atoms with Crippen molar-refractivity contribution in [2.24, 2.45) is 5.41 Å². The Labute approximate surface area is 205 Å². The summed E-state index contributed by atoms with van der Waals surface area (Å²) in [4.78, 5) is 27.8. The van der Waals surface area contributed by atoms with Gasteiger partial charge in [0, 0.05) is 17.6 Å². The van der Waals surface area contributed by atoms with Crippen molar-refractivity contribution in [3.8, 4) is 5.75 Å². The van der Waals surface area contributed by atoms with Crippen LogP contribution >= 0.6 is 0 Å². The third kappa shape index (κ3) is 5.53. The number of amides is 2. The maximum atomic E-state index is 14.2. The van der Waals surface area contributed by atoms with Crippen molar-refractivity contribution in [3.63, 3.8) is 0 Å². The molecule has 1 aliphatic rings. The van der Waals surface area contributed by atoms with Gasteiger partial charge in [-0.05, 0) is 66.4 Å². The maximum absolute atomic E-state index is 14.2. The van der Waals surface area contributed by atoms with Crippen LogP contribution in [0, 0.1) is 11.2 Å². The van der Waals surface area contributed by atoms with Crippen LogP contribution in [0.4, 0.5) is 10.1 Å². The number of rotatable bonds is 5. The number of ether oxygens (including phenoxy) is 1. The van der Waals surface area contributed by atoms with Crippen LogP contribution in [0.15, 0.2) is 72.8 Å². The van der Waals surface area contributed by atoms with Crippen LogP contribution < -0.4 is 10.1 Å². The number of fused-ring (bicyclic) bond motifs is 1. The highest BCUT2D eigenvalue weighted by Crippen LogP contribution is 2.39. The smallest absolute Gasteiger partial charge is 0.265 e. The van der Waals surface area contributed by atoms with Crippen molar-refractivity contribution in [2.45, 2.75) is 46.3 Å². The normalized spacial score (nSPS) is 16.3. The first kappa shape index (κ1) is 24.5. The Morgan fingerprint density at radius 2 is 1.77 bits per heavy atom. The average Bonchev–Trinajstić information content (AvgIpc) is 2.82. The summed E-state index contributed by atoms with van der Waals surface area (Å²) < 4.78 is 20.2. The zero-order chi connectivity index (χ0) is 25.2. The van der Waals surface area contributed by atoms with E-state index < -0.39 is 17.6 Å². The van der Waals surface area contributed by atoms with Crippen molar-refractivity contribution < 1.29 is 18.7 Å². The first-order valence-electron chi connectivity index (χ1n) is 11.9. The number of nitrogens with one attached hydrogen (secondary N) is 1. The summed E-state index contributed by atoms with van der Waals surface area (Å²) in [6.07, 6.45) is -0.0513. The summed E-state index contributed by atoms with van der Waals surface area (Å²) >= 11 is 0. The highest BCUT2D eigenvalue weighted by Gasteiger charge is 2.37. The van der Waals surface area contributed by atoms with Gasteiger partial charge in [0.05, 0.1) is 6.04 Å². The summed E-state index contributed by atoms with van der Waals surface area (Å²) in [5, 5.41) is 2.85. The standard InChI is InChI=1S/C29H31FN2O3/c1-19(27(33)31-23-11-6-5-7-12-23)35-24-14-13-20-15-16-32(28(34)29(2,3)4)26(25(20)18-24)21-9-8-10-22(30)17-21/h5-14,17-19,26H,15-16H2,1-4H3,(H,31,33). The monoisotopic (exact) mass is 474 g/mol. The van der Waals surface area contributed by atoms with Gasteiger partial charge in [-0.25, -0.2) is 4.39 Å². The van der Waals surface area contributed by atoms with E-state index in [1.165, 1.54) is 12.1 Å². The van der Waals surface area contributed by atoms with E-state index in [4.69, 9.17) is 4.74 Å². The average molecular weight is 475 g/mol. The largest absolute Gasteiger partial charge is 0.481 e. The number of benzene rings is 3. The molecule has 182 valence electrons. The third-order valence-electron chi connectivity index (χ3n) is 6.14. The second kappa shape index (κ2) is 9.90. The summed E-state index contributed by atoms with van der Waals surface area (Å²) in [5.41, 5.74) is 2.77. The second-order valence-corrected chi connectivity index (χ2v) is 9.93. The van der Waals surface area contributed by atoms with Gasteiger partial charge in [0.25, 0.3) is 5.91 Å². The van der Waals surface area contributed by atoms with Crippen molar-refractivity contribution >= 4 is 17.5 Å². The van der Waals surface area contributed by atoms with Gasteiger partial charge in [0.1, 0.15) is 11.6 Å². The van der Waals surface area contributed by atoms with Crippen LogP contribution in [0.5, 0.6) is 5.75 Å². The number of nitrogens with zero attached hydrogens (tertiary/aromatic N) is 1. The van der Waals surface area contributed by atoms with Gasteiger partial charge in [-0.2, -0.15) is 0 Å². The number of hydrogen-bond acceptors (Lipinski definition) is 3. The molecule has 0 bridgehead atoms. The Kier molecular flexibility index (Phi) is 6.92. The molecule has 6 heteroatoms. The van der Waals surface area contributed by atoms with E-state index in [0.29, 0.717) is 30.0 Å². The molecule has 2 atom stereocenters. The van der Waals surface area contributed by atoms with Gasteiger partial charge < -0.3 is 15.0 Å². The lowest BCUT2D eigenvalue weighted by molar-refractivity contribution is -0.141. The fraction of sp³-hybridized carbons (Fsp3) is 0.310. The van der Waals surface area contributed by atoms with E-state index in [-0.39, 0.29) is 17.6 Å². The highest BCUT2D eigenvalue weighted by atomic mass is 19.1. The van der Waals surface area contributed by atoms with Crippen molar-refractivity contribution in [3.05, 3.63) is 95.3 Å². The minimum absolute atomic E-state index is 0.000611. The van der Waals surface area contributed by atoms with Crippen LogP contribution in [-0.2, 0) is 16.0 Å². The van der Waals surface area contributed by atoms with Crippen molar-refractivity contribution in [2.75, 3.05) is 11.9 Å². The minimum atomic E-state index is -0.739. The fourth-order valence-electron chi connectivity index (χ4n) is 4.38. The third-order valence-corrected chi connectivity index (χ3v) is 6.14. The molecule has 0 saturated heterocycles. The molecule has 1 heterocycles. The molecule has 1 N–H and O–H groups in total. The zero-order valence-corrected chi connectivity index (χ0v) is 20.5. The molecule has 0 spiro atoms. The van der Waals surface area contributed by atoms with Gasteiger partial charge in [-0.1, -0.05) is 57.2 Å². The van der Waals surface area contributed by atoms with Crippen molar-refractivity contribution in [1.82, 2.24) is 4.90 Å². The Balaban J connectivity index is 1.65. The molecule has 35 heavy (non-hydrogen) atoms. The van der Waals surface area contributed by atoms with E-state index >= 15 is 0 Å². The summed E-state index contributed by atoms with van der Waals surface area (Å²) in [6.45, 7) is 7.90. The maximum Gasteiger partial charge on any atom is 0.265 e. The van der Waals surface area contributed by atoms with Gasteiger partial charge in [0.2, 0.25) is 5.91 Å². The van der Waals surface area contributed by atoms with Crippen LogP contribution in [0.2, 0.25) is 0 Å². The molecular formula is C29H31FN2O3. The molecule has 3 aromatic rings. The number of carbonyl (C=O) groups excluding carboxylic acids is 2. The number of halogens is 1. The molecule has 4 rings (SSSR count). The fourth-order valence-corrected chi connectivity index (χ4v) is 4.38. The first-order chi connectivity index (χ1) is 16.6. The van der Waals surface area contributed by atoms with Gasteiger partial charge in [0.15, 0.2) is 6.10 Å². The molecule has 1 aliphatic heterocycles. The Hall–Kier alpha value is -3.67. The molecule has 0 radical (unpaired) electrons. The molecule has 3 aromatic carbocycles. The minimum Gasteiger partial charge on any atom is -0.481 e. The first-order valence-corrected chi connectivity index (χ1v) is 11.9. The summed E-state index contributed by atoms with van der Waals surface area (Å²) in [5.74, 6) is -0.0956. The molecule has 0 aliphatic carbocycles. The van der Waals surface area contributed by atoms with E-state index in [0.717, 1.165) is 11.1 Å². The summed E-state index contributed by atoms with van der Waals surface area (Å²) in [6, 6.07) is 20.8. The number of para-hydroxylation sites is 1. The van der Waals surface area contributed by atoms with E-state index in [9.17, 15) is 14.0 Å². The van der Waals surface area contributed by atoms with E-state index in [1.807, 2.05) is 80.3 Å². The van der Waals surface area contributed by atoms with E-state index in [1.54, 1.807) is 13.0 Å². The highest BCUT2D eigenvalue weighted by molar-refractivity contribution is 5.94. The predicted molar refractivity (Wildman–Crippen MR) is 135 cm³/mol. The van der Waals surface area contributed by atoms with E-state index in [2.05, 4.69) is 5.32 Å². The molecule has 5 nitrogen and oxygen atoms in total. The van der Waals surface area contributed by atoms with Gasteiger partial charge >= 0.3 is 0 Å². The molecule has 0 fully saturated rings. The van der Waals surface area contributed by atoms with Gasteiger partial charge in [-0.3, -0.25) is 9.59 Å². The van der Waals surface area contributed by atoms with Crippen LogP contribution in [0.3, 0.4) is 0 Å². The lowest BCUT2D eigenvalue weighted by atomic mass is 9.85.